The van der Waals surface area contributed by atoms with Gasteiger partial charge < -0.3 is 9.84 Å². The van der Waals surface area contributed by atoms with Crippen LogP contribution in [0.4, 0.5) is 0 Å². The Balaban J connectivity index is 2.04. The summed E-state index contributed by atoms with van der Waals surface area (Å²) in [5.41, 5.74) is 0.710. The average Bonchev–Trinajstić information content (AvgIpc) is 2.92. The van der Waals surface area contributed by atoms with Gasteiger partial charge in [0.25, 0.3) is 0 Å². The summed E-state index contributed by atoms with van der Waals surface area (Å²) < 4.78 is 6.23. The van der Waals surface area contributed by atoms with Crippen molar-refractivity contribution in [2.45, 2.75) is 50.9 Å². The van der Waals surface area contributed by atoms with Crippen molar-refractivity contribution in [1.29, 1.82) is 0 Å². The molecule has 23 heavy (non-hydrogen) atoms. The van der Waals surface area contributed by atoms with Gasteiger partial charge in [-0.1, -0.05) is 24.3 Å². The summed E-state index contributed by atoms with van der Waals surface area (Å²) in [7, 11) is 0. The molecule has 2 aliphatic carbocycles. The highest BCUT2D eigenvalue weighted by molar-refractivity contribution is 6.22. The van der Waals surface area contributed by atoms with Crippen molar-refractivity contribution in [3.05, 3.63) is 46.5 Å². The molecule has 1 aromatic rings. The van der Waals surface area contributed by atoms with E-state index in [0.717, 1.165) is 5.56 Å². The molecular formula is C19H20O4. The monoisotopic (exact) mass is 312 g/mol. The Morgan fingerprint density at radius 3 is 2.70 bits per heavy atom. The van der Waals surface area contributed by atoms with Crippen molar-refractivity contribution in [3.8, 4) is 0 Å². The molecule has 1 aliphatic heterocycles. The number of aliphatic hydroxyl groups is 1. The maximum absolute atomic E-state index is 12.5. The van der Waals surface area contributed by atoms with E-state index in [2.05, 4.69) is 0 Å². The molecule has 3 unspecified atom stereocenters. The van der Waals surface area contributed by atoms with Gasteiger partial charge >= 0.3 is 0 Å². The number of Topliss-reactive ketones (excluding diaryl/α,β-unsaturated/α-hetero) is 2. The fourth-order valence-corrected chi connectivity index (χ4v) is 4.66. The summed E-state index contributed by atoms with van der Waals surface area (Å²) in [6.07, 6.45) is 0.433. The first-order valence-corrected chi connectivity index (χ1v) is 8.03. The third-order valence-electron chi connectivity index (χ3n) is 5.37. The molecule has 3 aliphatic rings. The molecule has 0 radical (unpaired) electrons. The second-order valence-corrected chi connectivity index (χ2v) is 7.50. The van der Waals surface area contributed by atoms with Crippen LogP contribution in [0.1, 0.15) is 50.8 Å². The zero-order chi connectivity index (χ0) is 16.6. The molecule has 0 saturated carbocycles. The molecule has 120 valence electrons. The molecule has 0 aromatic heterocycles. The van der Waals surface area contributed by atoms with E-state index < -0.39 is 5.60 Å². The fourth-order valence-electron chi connectivity index (χ4n) is 4.66. The van der Waals surface area contributed by atoms with Crippen LogP contribution in [0.2, 0.25) is 0 Å². The highest BCUT2D eigenvalue weighted by atomic mass is 16.5. The van der Waals surface area contributed by atoms with Crippen molar-refractivity contribution in [2.24, 2.45) is 5.92 Å². The lowest BCUT2D eigenvalue weighted by molar-refractivity contribution is -0.121. The minimum absolute atomic E-state index is 0.0437. The second kappa shape index (κ2) is 4.40. The number of hydrogen-bond donors (Lipinski definition) is 1. The van der Waals surface area contributed by atoms with Crippen LogP contribution in [0.5, 0.6) is 0 Å². The van der Waals surface area contributed by atoms with Crippen LogP contribution in [-0.4, -0.2) is 22.3 Å². The van der Waals surface area contributed by atoms with Gasteiger partial charge in [-0.05, 0) is 43.9 Å². The van der Waals surface area contributed by atoms with Gasteiger partial charge in [-0.25, -0.2) is 0 Å². The second-order valence-electron chi connectivity index (χ2n) is 7.50. The summed E-state index contributed by atoms with van der Waals surface area (Å²) in [5, 5.41) is 11.4. The van der Waals surface area contributed by atoms with Gasteiger partial charge in [0.15, 0.2) is 11.6 Å². The normalized spacial score (nSPS) is 34.2. The van der Waals surface area contributed by atoms with Crippen LogP contribution in [0.3, 0.4) is 0 Å². The first kappa shape index (κ1) is 14.8. The molecule has 1 N–H and O–H groups in total. The molecular weight excluding hydrogens is 292 g/mol. The zero-order valence-electron chi connectivity index (χ0n) is 13.6. The van der Waals surface area contributed by atoms with E-state index in [-0.39, 0.29) is 41.2 Å². The van der Waals surface area contributed by atoms with E-state index in [4.69, 9.17) is 4.74 Å². The highest BCUT2D eigenvalue weighted by Gasteiger charge is 2.59. The fraction of sp³-hybridized carbons (Fsp3) is 0.474. The molecule has 1 aromatic carbocycles. The van der Waals surface area contributed by atoms with Crippen molar-refractivity contribution in [2.75, 3.05) is 0 Å². The van der Waals surface area contributed by atoms with Crippen LogP contribution in [0.25, 0.3) is 0 Å². The number of carbonyl (C=O) groups excluding carboxylic acids is 2. The third kappa shape index (κ3) is 1.85. The SMILES string of the molecule is CC(=O)C1=C2C3CC(C)(C)OC3c3ccccc3C2(O)CC1=O. The Bertz CT molecular complexity index is 773. The Morgan fingerprint density at radius 2 is 2.00 bits per heavy atom. The Kier molecular flexibility index (Phi) is 2.83. The molecule has 0 bridgehead atoms. The third-order valence-corrected chi connectivity index (χ3v) is 5.37. The van der Waals surface area contributed by atoms with Gasteiger partial charge in [0.1, 0.15) is 5.60 Å². The highest BCUT2D eigenvalue weighted by Crippen LogP contribution is 2.60. The summed E-state index contributed by atoms with van der Waals surface area (Å²) >= 11 is 0. The molecule has 4 rings (SSSR count). The van der Waals surface area contributed by atoms with E-state index in [1.54, 1.807) is 0 Å². The van der Waals surface area contributed by atoms with Gasteiger partial charge in [-0.2, -0.15) is 0 Å². The van der Waals surface area contributed by atoms with Crippen LogP contribution < -0.4 is 0 Å². The van der Waals surface area contributed by atoms with Gasteiger partial charge in [-0.3, -0.25) is 9.59 Å². The number of hydrogen-bond acceptors (Lipinski definition) is 4. The molecule has 3 atom stereocenters. The summed E-state index contributed by atoms with van der Waals surface area (Å²) in [5.74, 6) is -0.644. The first-order valence-electron chi connectivity index (χ1n) is 8.03. The molecule has 1 heterocycles. The average molecular weight is 312 g/mol. The predicted molar refractivity (Wildman–Crippen MR) is 83.7 cm³/mol. The Labute approximate surface area is 135 Å². The molecule has 0 spiro atoms. The van der Waals surface area contributed by atoms with Crippen molar-refractivity contribution >= 4 is 11.6 Å². The Hall–Kier alpha value is -1.78. The number of ether oxygens (including phenoxy) is 1. The Morgan fingerprint density at radius 1 is 1.30 bits per heavy atom. The number of carbonyl (C=O) groups is 2. The van der Waals surface area contributed by atoms with Crippen LogP contribution in [-0.2, 0) is 19.9 Å². The topological polar surface area (TPSA) is 63.6 Å². The maximum atomic E-state index is 12.5. The number of allylic oxidation sites excluding steroid dienone is 1. The molecule has 4 heteroatoms. The van der Waals surface area contributed by atoms with Crippen molar-refractivity contribution < 1.29 is 19.4 Å². The van der Waals surface area contributed by atoms with E-state index in [0.29, 0.717) is 17.6 Å². The minimum Gasteiger partial charge on any atom is -0.380 e. The summed E-state index contributed by atoms with van der Waals surface area (Å²) in [6, 6.07) is 7.58. The smallest absolute Gasteiger partial charge is 0.170 e. The van der Waals surface area contributed by atoms with Gasteiger partial charge in [0.05, 0.1) is 17.3 Å². The lowest BCUT2D eigenvalue weighted by Crippen LogP contribution is -2.37. The minimum atomic E-state index is -1.36. The summed E-state index contributed by atoms with van der Waals surface area (Å²) in [4.78, 5) is 24.6. The number of fused-ring (bicyclic) bond motifs is 6. The lowest BCUT2D eigenvalue weighted by atomic mass is 9.68. The zero-order valence-corrected chi connectivity index (χ0v) is 13.6. The van der Waals surface area contributed by atoms with Gasteiger partial charge in [0.2, 0.25) is 0 Å². The predicted octanol–water partition coefficient (Wildman–Crippen LogP) is 2.60. The van der Waals surface area contributed by atoms with E-state index in [9.17, 15) is 14.7 Å². The molecule has 1 fully saturated rings. The van der Waals surface area contributed by atoms with Crippen molar-refractivity contribution in [1.82, 2.24) is 0 Å². The molecule has 1 saturated heterocycles. The van der Waals surface area contributed by atoms with Crippen LogP contribution in [0.15, 0.2) is 35.4 Å². The first-order chi connectivity index (χ1) is 10.7. The molecule has 4 nitrogen and oxygen atoms in total. The number of ketones is 2. The van der Waals surface area contributed by atoms with E-state index >= 15 is 0 Å². The maximum Gasteiger partial charge on any atom is 0.170 e. The number of benzene rings is 1. The standard InChI is InChI=1S/C19H20O4/c1-10(20)15-14(21)9-19(22)13-7-5-4-6-11(13)17-12(16(15)19)8-18(2,3)23-17/h4-7,12,17,22H,8-9H2,1-3H3. The largest absolute Gasteiger partial charge is 0.380 e. The van der Waals surface area contributed by atoms with E-state index in [1.807, 2.05) is 38.1 Å². The lowest BCUT2D eigenvalue weighted by Gasteiger charge is -2.39. The van der Waals surface area contributed by atoms with Gasteiger partial charge in [0, 0.05) is 12.3 Å². The quantitative estimate of drug-likeness (QED) is 0.810. The van der Waals surface area contributed by atoms with Crippen molar-refractivity contribution in [3.63, 3.8) is 0 Å². The van der Waals surface area contributed by atoms with Crippen LogP contribution >= 0.6 is 0 Å². The van der Waals surface area contributed by atoms with Crippen LogP contribution in [0, 0.1) is 5.92 Å². The van der Waals surface area contributed by atoms with E-state index in [1.165, 1.54) is 6.92 Å². The number of rotatable bonds is 1. The van der Waals surface area contributed by atoms with Gasteiger partial charge in [-0.15, -0.1) is 0 Å². The molecule has 0 amide bonds. The summed E-state index contributed by atoms with van der Waals surface area (Å²) in [6.45, 7) is 5.43.